The van der Waals surface area contributed by atoms with Crippen LogP contribution in [0.15, 0.2) is 53.5 Å². The maximum absolute atomic E-state index is 12.9. The molecule has 7 nitrogen and oxygen atoms in total. The van der Waals surface area contributed by atoms with Crippen molar-refractivity contribution in [1.82, 2.24) is 19.9 Å². The highest BCUT2D eigenvalue weighted by molar-refractivity contribution is 5.92. The molecular formula is C21H22N4O3. The van der Waals surface area contributed by atoms with E-state index < -0.39 is 0 Å². The van der Waals surface area contributed by atoms with E-state index in [2.05, 4.69) is 15.0 Å². The second kappa shape index (κ2) is 8.21. The third-order valence-electron chi connectivity index (χ3n) is 4.91. The number of methoxy groups -OCH3 is 1. The number of hydrogen-bond donors (Lipinski definition) is 0. The van der Waals surface area contributed by atoms with Crippen molar-refractivity contribution in [3.8, 4) is 5.75 Å². The number of carbonyl (C=O) groups is 1. The van der Waals surface area contributed by atoms with Crippen molar-refractivity contribution >= 4 is 5.91 Å². The lowest BCUT2D eigenvalue weighted by atomic mass is 10.0. The summed E-state index contributed by atoms with van der Waals surface area (Å²) < 4.78 is 11.3. The quantitative estimate of drug-likeness (QED) is 0.677. The van der Waals surface area contributed by atoms with E-state index in [1.54, 1.807) is 24.4 Å². The van der Waals surface area contributed by atoms with Crippen molar-refractivity contribution in [3.63, 3.8) is 0 Å². The summed E-state index contributed by atoms with van der Waals surface area (Å²) in [6.45, 7) is 0.660. The molecule has 4 rings (SSSR count). The molecule has 0 saturated carbocycles. The minimum atomic E-state index is -0.178. The van der Waals surface area contributed by atoms with Crippen LogP contribution in [0.2, 0.25) is 0 Å². The lowest BCUT2D eigenvalue weighted by Gasteiger charge is -2.33. The first-order valence-electron chi connectivity index (χ1n) is 9.39. The second-order valence-corrected chi connectivity index (χ2v) is 6.79. The molecule has 0 unspecified atom stereocenters. The highest BCUT2D eigenvalue weighted by Crippen LogP contribution is 2.32. The van der Waals surface area contributed by atoms with Crippen LogP contribution in [-0.4, -0.2) is 39.4 Å². The number of likely N-dealkylation sites (tertiary alicyclic amines) is 1. The van der Waals surface area contributed by atoms with Gasteiger partial charge in [-0.05, 0) is 37.0 Å². The van der Waals surface area contributed by atoms with E-state index in [4.69, 9.17) is 9.15 Å². The molecular weight excluding hydrogens is 356 g/mol. The molecule has 7 heteroatoms. The number of oxazole rings is 1. The van der Waals surface area contributed by atoms with Crippen LogP contribution in [0.3, 0.4) is 0 Å². The van der Waals surface area contributed by atoms with Crippen LogP contribution < -0.4 is 4.74 Å². The van der Waals surface area contributed by atoms with Gasteiger partial charge in [-0.3, -0.25) is 9.78 Å². The van der Waals surface area contributed by atoms with Gasteiger partial charge in [0.2, 0.25) is 5.89 Å². The largest absolute Gasteiger partial charge is 0.497 e. The Morgan fingerprint density at radius 2 is 2.18 bits per heavy atom. The molecule has 2 aromatic heterocycles. The Hall–Kier alpha value is -3.22. The maximum Gasteiger partial charge on any atom is 0.274 e. The lowest BCUT2D eigenvalue weighted by Crippen LogP contribution is -2.39. The molecule has 1 saturated heterocycles. The predicted molar refractivity (Wildman–Crippen MR) is 102 cm³/mol. The summed E-state index contributed by atoms with van der Waals surface area (Å²) in [6, 6.07) is 7.69. The average molecular weight is 378 g/mol. The third kappa shape index (κ3) is 3.88. The molecule has 1 aromatic carbocycles. The number of amides is 1. The fourth-order valence-corrected chi connectivity index (χ4v) is 3.53. The minimum Gasteiger partial charge on any atom is -0.497 e. The first-order chi connectivity index (χ1) is 13.7. The summed E-state index contributed by atoms with van der Waals surface area (Å²) in [5.41, 5.74) is 1.43. The molecule has 144 valence electrons. The Kier molecular flexibility index (Phi) is 5.32. The van der Waals surface area contributed by atoms with Gasteiger partial charge in [0, 0.05) is 25.4 Å². The molecule has 3 aromatic rings. The van der Waals surface area contributed by atoms with Crippen LogP contribution in [0.5, 0.6) is 5.75 Å². The van der Waals surface area contributed by atoms with E-state index in [-0.39, 0.29) is 11.9 Å². The van der Waals surface area contributed by atoms with E-state index in [0.717, 1.165) is 36.3 Å². The van der Waals surface area contributed by atoms with Gasteiger partial charge in [0.25, 0.3) is 5.91 Å². The summed E-state index contributed by atoms with van der Waals surface area (Å²) in [6.07, 6.45) is 9.77. The molecule has 0 spiro atoms. The zero-order chi connectivity index (χ0) is 19.3. The molecule has 1 atom stereocenters. The molecule has 1 aliphatic rings. The monoisotopic (exact) mass is 378 g/mol. The number of benzene rings is 1. The second-order valence-electron chi connectivity index (χ2n) is 6.79. The summed E-state index contributed by atoms with van der Waals surface area (Å²) in [5.74, 6) is 2.02. The van der Waals surface area contributed by atoms with Crippen LogP contribution in [0.1, 0.15) is 53.0 Å². The lowest BCUT2D eigenvalue weighted by molar-refractivity contribution is 0.0563. The Morgan fingerprint density at radius 3 is 3.00 bits per heavy atom. The van der Waals surface area contributed by atoms with Gasteiger partial charge in [-0.1, -0.05) is 12.1 Å². The molecule has 3 heterocycles. The summed E-state index contributed by atoms with van der Waals surface area (Å²) in [7, 11) is 1.65. The van der Waals surface area contributed by atoms with Crippen LogP contribution >= 0.6 is 0 Å². The standard InChI is InChI=1S/C21H22N4O3/c1-27-16-6-4-5-15(11-16)12-17-13-24-20(28-17)19-7-2-3-10-25(19)21(26)18-14-22-8-9-23-18/h4-6,8-9,11,13-14,19H,2-3,7,10,12H2,1H3/t19-/m0/s1. The molecule has 1 aliphatic heterocycles. The molecule has 0 radical (unpaired) electrons. The van der Waals surface area contributed by atoms with Crippen molar-refractivity contribution in [3.05, 3.63) is 72.0 Å². The van der Waals surface area contributed by atoms with Crippen LogP contribution in [0.4, 0.5) is 0 Å². The SMILES string of the molecule is COc1cccc(Cc2cnc([C@@H]3CCCCN3C(=O)c3cnccn3)o2)c1. The normalized spacial score (nSPS) is 16.8. The topological polar surface area (TPSA) is 81.4 Å². The van der Waals surface area contributed by atoms with Gasteiger partial charge < -0.3 is 14.1 Å². The number of ether oxygens (including phenoxy) is 1. The Bertz CT molecular complexity index is 942. The van der Waals surface area contributed by atoms with Gasteiger partial charge in [-0.2, -0.15) is 0 Å². The Balaban J connectivity index is 1.53. The van der Waals surface area contributed by atoms with Crippen molar-refractivity contribution in [1.29, 1.82) is 0 Å². The van der Waals surface area contributed by atoms with Crippen molar-refractivity contribution in [2.45, 2.75) is 31.7 Å². The molecule has 1 fully saturated rings. The highest BCUT2D eigenvalue weighted by Gasteiger charge is 2.32. The van der Waals surface area contributed by atoms with Gasteiger partial charge in [0.1, 0.15) is 23.2 Å². The van der Waals surface area contributed by atoms with Crippen molar-refractivity contribution in [2.24, 2.45) is 0 Å². The molecule has 0 N–H and O–H groups in total. The fraction of sp³-hybridized carbons (Fsp3) is 0.333. The molecule has 28 heavy (non-hydrogen) atoms. The van der Waals surface area contributed by atoms with Crippen LogP contribution in [0.25, 0.3) is 0 Å². The maximum atomic E-state index is 12.9. The third-order valence-corrected chi connectivity index (χ3v) is 4.91. The number of carbonyl (C=O) groups excluding carboxylic acids is 1. The van der Waals surface area contributed by atoms with Crippen molar-refractivity contribution < 1.29 is 13.9 Å². The highest BCUT2D eigenvalue weighted by atomic mass is 16.5. The number of piperidine rings is 1. The van der Waals surface area contributed by atoms with E-state index in [1.165, 1.54) is 12.4 Å². The van der Waals surface area contributed by atoms with E-state index in [1.807, 2.05) is 24.3 Å². The minimum absolute atomic E-state index is 0.134. The van der Waals surface area contributed by atoms with Gasteiger partial charge in [0.05, 0.1) is 19.5 Å². The summed E-state index contributed by atoms with van der Waals surface area (Å²) >= 11 is 0. The van der Waals surface area contributed by atoms with Crippen molar-refractivity contribution in [2.75, 3.05) is 13.7 Å². The Labute approximate surface area is 163 Å². The van der Waals surface area contributed by atoms with E-state index >= 15 is 0 Å². The summed E-state index contributed by atoms with van der Waals surface area (Å²) in [4.78, 5) is 27.3. The number of aromatic nitrogens is 3. The number of rotatable bonds is 5. The van der Waals surface area contributed by atoms with E-state index in [0.29, 0.717) is 24.6 Å². The number of nitrogens with zero attached hydrogens (tertiary/aromatic N) is 4. The first-order valence-corrected chi connectivity index (χ1v) is 9.39. The van der Waals surface area contributed by atoms with Gasteiger partial charge in [-0.25, -0.2) is 9.97 Å². The van der Waals surface area contributed by atoms with Gasteiger partial charge in [-0.15, -0.1) is 0 Å². The zero-order valence-electron chi connectivity index (χ0n) is 15.7. The zero-order valence-corrected chi connectivity index (χ0v) is 15.7. The van der Waals surface area contributed by atoms with E-state index in [9.17, 15) is 4.79 Å². The fourth-order valence-electron chi connectivity index (χ4n) is 3.53. The van der Waals surface area contributed by atoms with Crippen LogP contribution in [0, 0.1) is 0 Å². The molecule has 0 aliphatic carbocycles. The molecule has 1 amide bonds. The number of hydrogen-bond acceptors (Lipinski definition) is 6. The smallest absolute Gasteiger partial charge is 0.274 e. The van der Waals surface area contributed by atoms with Gasteiger partial charge in [0.15, 0.2) is 0 Å². The average Bonchev–Trinajstić information content (AvgIpc) is 3.22. The molecule has 0 bridgehead atoms. The summed E-state index contributed by atoms with van der Waals surface area (Å²) in [5, 5.41) is 0. The predicted octanol–water partition coefficient (Wildman–Crippen LogP) is 3.43. The first kappa shape index (κ1) is 18.2. The Morgan fingerprint density at radius 1 is 1.25 bits per heavy atom. The van der Waals surface area contributed by atoms with Gasteiger partial charge >= 0.3 is 0 Å². The van der Waals surface area contributed by atoms with Crippen LogP contribution in [-0.2, 0) is 6.42 Å².